The van der Waals surface area contributed by atoms with E-state index in [1.165, 1.54) is 17.0 Å². The molecule has 1 aliphatic rings. The zero-order valence-electron chi connectivity index (χ0n) is 15.2. The van der Waals surface area contributed by atoms with Gasteiger partial charge in [0.05, 0.1) is 5.92 Å². The standard InChI is InChI=1S/C20H23FN4O2/c1-14-6-7-18(24-12-14)22-8-3-9-23-20(27)15-10-19(26)25(13-15)17-5-2-4-16(21)11-17/h2,4-7,11-12,15H,3,8-10,13H2,1H3,(H,22,24)(H,23,27)/t15-/m1/s1. The highest BCUT2D eigenvalue weighted by Crippen LogP contribution is 2.25. The molecule has 142 valence electrons. The third-order valence-corrected chi connectivity index (χ3v) is 4.49. The fourth-order valence-electron chi connectivity index (χ4n) is 3.01. The Kier molecular flexibility index (Phi) is 6.01. The second-order valence-electron chi connectivity index (χ2n) is 6.68. The topological polar surface area (TPSA) is 74.3 Å². The van der Waals surface area contributed by atoms with Crippen LogP contribution in [0.1, 0.15) is 18.4 Å². The molecular weight excluding hydrogens is 347 g/mol. The lowest BCUT2D eigenvalue weighted by Gasteiger charge is -2.16. The number of halogens is 1. The summed E-state index contributed by atoms with van der Waals surface area (Å²) in [6, 6.07) is 9.77. The molecule has 6 nitrogen and oxygen atoms in total. The number of hydrogen-bond donors (Lipinski definition) is 2. The Bertz CT molecular complexity index is 810. The van der Waals surface area contributed by atoms with E-state index in [0.717, 1.165) is 17.8 Å². The van der Waals surface area contributed by atoms with Crippen molar-refractivity contribution < 1.29 is 14.0 Å². The highest BCUT2D eigenvalue weighted by atomic mass is 19.1. The third-order valence-electron chi connectivity index (χ3n) is 4.49. The second-order valence-corrected chi connectivity index (χ2v) is 6.68. The minimum atomic E-state index is -0.410. The van der Waals surface area contributed by atoms with E-state index < -0.39 is 11.7 Å². The maximum atomic E-state index is 13.4. The number of pyridine rings is 1. The normalized spacial score (nSPS) is 16.4. The minimum absolute atomic E-state index is 0.143. The first kappa shape index (κ1) is 18.8. The van der Waals surface area contributed by atoms with Crippen LogP contribution in [0, 0.1) is 18.7 Å². The first-order valence-electron chi connectivity index (χ1n) is 9.03. The largest absolute Gasteiger partial charge is 0.370 e. The zero-order chi connectivity index (χ0) is 19.2. The van der Waals surface area contributed by atoms with Crippen LogP contribution in [-0.4, -0.2) is 36.4 Å². The van der Waals surface area contributed by atoms with Gasteiger partial charge in [-0.05, 0) is 43.2 Å². The molecule has 7 heteroatoms. The number of benzene rings is 1. The van der Waals surface area contributed by atoms with Crippen molar-refractivity contribution in [2.45, 2.75) is 19.8 Å². The molecule has 0 unspecified atom stereocenters. The maximum absolute atomic E-state index is 13.4. The molecule has 1 aromatic heterocycles. The number of nitrogens with zero attached hydrogens (tertiary/aromatic N) is 2. The Hall–Kier alpha value is -2.96. The summed E-state index contributed by atoms with van der Waals surface area (Å²) in [5, 5.41) is 6.07. The van der Waals surface area contributed by atoms with Gasteiger partial charge in [0.1, 0.15) is 11.6 Å². The van der Waals surface area contributed by atoms with Crippen LogP contribution >= 0.6 is 0 Å². The number of anilines is 2. The number of amides is 2. The van der Waals surface area contributed by atoms with Crippen molar-refractivity contribution in [1.82, 2.24) is 10.3 Å². The van der Waals surface area contributed by atoms with Crippen LogP contribution in [0.2, 0.25) is 0 Å². The van der Waals surface area contributed by atoms with Crippen LogP contribution < -0.4 is 15.5 Å². The first-order valence-corrected chi connectivity index (χ1v) is 9.03. The van der Waals surface area contributed by atoms with Gasteiger partial charge in [-0.15, -0.1) is 0 Å². The number of nitrogens with one attached hydrogen (secondary N) is 2. The van der Waals surface area contributed by atoms with Crippen molar-refractivity contribution in [2.24, 2.45) is 5.92 Å². The Balaban J connectivity index is 1.41. The smallest absolute Gasteiger partial charge is 0.227 e. The van der Waals surface area contributed by atoms with E-state index >= 15 is 0 Å². The predicted molar refractivity (Wildman–Crippen MR) is 102 cm³/mol. The summed E-state index contributed by atoms with van der Waals surface area (Å²) < 4.78 is 13.4. The van der Waals surface area contributed by atoms with Crippen LogP contribution in [0.3, 0.4) is 0 Å². The Morgan fingerprint density at radius 3 is 2.89 bits per heavy atom. The number of aromatic nitrogens is 1. The van der Waals surface area contributed by atoms with Crippen LogP contribution in [-0.2, 0) is 9.59 Å². The summed E-state index contributed by atoms with van der Waals surface area (Å²) in [4.78, 5) is 30.2. The van der Waals surface area contributed by atoms with Crippen molar-refractivity contribution in [3.8, 4) is 0 Å². The highest BCUT2D eigenvalue weighted by Gasteiger charge is 2.35. The number of aryl methyl sites for hydroxylation is 1. The van der Waals surface area contributed by atoms with E-state index in [1.54, 1.807) is 18.3 Å². The zero-order valence-corrected chi connectivity index (χ0v) is 15.2. The van der Waals surface area contributed by atoms with Crippen molar-refractivity contribution in [1.29, 1.82) is 0 Å². The Morgan fingerprint density at radius 1 is 1.30 bits per heavy atom. The van der Waals surface area contributed by atoms with Crippen LogP contribution in [0.5, 0.6) is 0 Å². The molecule has 0 bridgehead atoms. The molecule has 1 aromatic carbocycles. The van der Waals surface area contributed by atoms with Gasteiger partial charge < -0.3 is 15.5 Å². The summed E-state index contributed by atoms with van der Waals surface area (Å²) in [5.41, 5.74) is 1.59. The quantitative estimate of drug-likeness (QED) is 0.735. The van der Waals surface area contributed by atoms with Crippen molar-refractivity contribution in [3.05, 3.63) is 54.0 Å². The minimum Gasteiger partial charge on any atom is -0.370 e. The van der Waals surface area contributed by atoms with Crippen molar-refractivity contribution in [3.63, 3.8) is 0 Å². The van der Waals surface area contributed by atoms with E-state index in [0.29, 0.717) is 18.8 Å². The number of carbonyl (C=O) groups is 2. The van der Waals surface area contributed by atoms with Gasteiger partial charge in [-0.1, -0.05) is 12.1 Å². The molecule has 0 aliphatic carbocycles. The third kappa shape index (κ3) is 5.03. The van der Waals surface area contributed by atoms with Crippen LogP contribution in [0.4, 0.5) is 15.9 Å². The van der Waals surface area contributed by atoms with Gasteiger partial charge in [0.15, 0.2) is 0 Å². The molecule has 2 heterocycles. The Labute approximate surface area is 157 Å². The monoisotopic (exact) mass is 370 g/mol. The molecule has 1 saturated heterocycles. The van der Waals surface area contributed by atoms with E-state index in [4.69, 9.17) is 0 Å². The molecule has 1 aliphatic heterocycles. The molecule has 2 aromatic rings. The van der Waals surface area contributed by atoms with Gasteiger partial charge in [-0.2, -0.15) is 0 Å². The van der Waals surface area contributed by atoms with Gasteiger partial charge in [-0.25, -0.2) is 9.37 Å². The van der Waals surface area contributed by atoms with Crippen LogP contribution in [0.25, 0.3) is 0 Å². The lowest BCUT2D eigenvalue weighted by molar-refractivity contribution is -0.126. The molecule has 0 saturated carbocycles. The molecule has 0 radical (unpaired) electrons. The summed E-state index contributed by atoms with van der Waals surface area (Å²) >= 11 is 0. The number of hydrogen-bond acceptors (Lipinski definition) is 4. The van der Waals surface area contributed by atoms with Gasteiger partial charge in [0.2, 0.25) is 11.8 Å². The van der Waals surface area contributed by atoms with E-state index in [-0.39, 0.29) is 24.8 Å². The van der Waals surface area contributed by atoms with E-state index in [9.17, 15) is 14.0 Å². The maximum Gasteiger partial charge on any atom is 0.227 e. The summed E-state index contributed by atoms with van der Waals surface area (Å²) in [7, 11) is 0. The van der Waals surface area contributed by atoms with E-state index in [1.807, 2.05) is 19.1 Å². The second kappa shape index (κ2) is 8.62. The molecule has 1 fully saturated rings. The highest BCUT2D eigenvalue weighted by molar-refractivity contribution is 6.00. The molecule has 27 heavy (non-hydrogen) atoms. The summed E-state index contributed by atoms with van der Waals surface area (Å²) in [6.45, 7) is 3.47. The summed E-state index contributed by atoms with van der Waals surface area (Å²) in [5.74, 6) is -0.307. The molecular formula is C20H23FN4O2. The van der Waals surface area contributed by atoms with Gasteiger partial charge in [-0.3, -0.25) is 9.59 Å². The van der Waals surface area contributed by atoms with Crippen molar-refractivity contribution >= 4 is 23.3 Å². The fraction of sp³-hybridized carbons (Fsp3) is 0.350. The average molecular weight is 370 g/mol. The SMILES string of the molecule is Cc1ccc(NCCCNC(=O)[C@@H]2CC(=O)N(c3cccc(F)c3)C2)nc1. The average Bonchev–Trinajstić information content (AvgIpc) is 3.05. The van der Waals surface area contributed by atoms with Gasteiger partial charge in [0.25, 0.3) is 0 Å². The van der Waals surface area contributed by atoms with Crippen molar-refractivity contribution in [2.75, 3.05) is 29.9 Å². The van der Waals surface area contributed by atoms with E-state index in [2.05, 4.69) is 15.6 Å². The number of carbonyl (C=O) groups excluding carboxylic acids is 2. The Morgan fingerprint density at radius 2 is 2.15 bits per heavy atom. The molecule has 0 spiro atoms. The molecule has 3 rings (SSSR count). The summed E-state index contributed by atoms with van der Waals surface area (Å²) in [6.07, 6.45) is 2.69. The molecule has 2 amide bonds. The number of rotatable bonds is 7. The van der Waals surface area contributed by atoms with Crippen LogP contribution in [0.15, 0.2) is 42.6 Å². The van der Waals surface area contributed by atoms with Gasteiger partial charge >= 0.3 is 0 Å². The van der Waals surface area contributed by atoms with Gasteiger partial charge in [0, 0.05) is 37.9 Å². The molecule has 1 atom stereocenters. The molecule has 2 N–H and O–H groups in total. The first-order chi connectivity index (χ1) is 13.0. The predicted octanol–water partition coefficient (Wildman–Crippen LogP) is 2.50. The lowest BCUT2D eigenvalue weighted by Crippen LogP contribution is -2.34. The fourth-order valence-corrected chi connectivity index (χ4v) is 3.01. The lowest BCUT2D eigenvalue weighted by atomic mass is 10.1.